The van der Waals surface area contributed by atoms with Crippen LogP contribution in [0.1, 0.15) is 78.6 Å². The zero-order valence-electron chi connectivity index (χ0n) is 24.5. The van der Waals surface area contributed by atoms with Crippen LogP contribution in [-0.2, 0) is 33.7 Å². The van der Waals surface area contributed by atoms with Crippen LogP contribution in [0.25, 0.3) is 0 Å². The molecule has 1 unspecified atom stereocenters. The SMILES string of the molecule is CCCCCCCO[C@@H]1[C@H]2OC(C)(C)O[C@H]2O[C@@H]1C(CN1CCCCCC1)OC(=O)NS(=O)(=O)c1ccccc1.Cl. The first-order valence-electron chi connectivity index (χ1n) is 14.8. The third-order valence-corrected chi connectivity index (χ3v) is 8.95. The molecule has 1 aromatic rings. The van der Waals surface area contributed by atoms with E-state index in [4.69, 9.17) is 23.7 Å². The molecule has 1 N–H and O–H groups in total. The van der Waals surface area contributed by atoms with E-state index in [0.29, 0.717) is 13.2 Å². The maximum absolute atomic E-state index is 13.0. The van der Waals surface area contributed by atoms with E-state index in [2.05, 4.69) is 16.5 Å². The van der Waals surface area contributed by atoms with Crippen molar-refractivity contribution in [2.45, 2.75) is 120 Å². The number of nitrogens with zero attached hydrogens (tertiary/aromatic N) is 1. The van der Waals surface area contributed by atoms with Crippen LogP contribution in [0.2, 0.25) is 0 Å². The minimum atomic E-state index is -4.10. The molecule has 41 heavy (non-hydrogen) atoms. The van der Waals surface area contributed by atoms with Crippen LogP contribution < -0.4 is 4.72 Å². The lowest BCUT2D eigenvalue weighted by atomic mass is 10.0. The number of unbranched alkanes of at least 4 members (excludes halogenated alkanes) is 4. The third kappa shape index (κ3) is 9.77. The van der Waals surface area contributed by atoms with Crippen molar-refractivity contribution in [1.82, 2.24) is 9.62 Å². The maximum Gasteiger partial charge on any atom is 0.421 e. The maximum atomic E-state index is 13.0. The van der Waals surface area contributed by atoms with Crippen molar-refractivity contribution in [2.75, 3.05) is 26.2 Å². The molecule has 10 nitrogen and oxygen atoms in total. The first-order valence-corrected chi connectivity index (χ1v) is 16.3. The second kappa shape index (κ2) is 15.8. The van der Waals surface area contributed by atoms with Gasteiger partial charge < -0.3 is 23.7 Å². The first kappa shape index (κ1) is 34.0. The molecule has 3 heterocycles. The summed E-state index contributed by atoms with van der Waals surface area (Å²) in [6.07, 6.45) is 5.67. The number of halogens is 1. The summed E-state index contributed by atoms with van der Waals surface area (Å²) in [5.41, 5.74) is 0. The normalized spacial score (nSPS) is 26.9. The molecule has 0 spiro atoms. The van der Waals surface area contributed by atoms with Gasteiger partial charge in [0.2, 0.25) is 0 Å². The van der Waals surface area contributed by atoms with Crippen LogP contribution in [0.5, 0.6) is 0 Å². The Morgan fingerprint density at radius 3 is 2.41 bits per heavy atom. The summed E-state index contributed by atoms with van der Waals surface area (Å²) in [6, 6.07) is 7.74. The van der Waals surface area contributed by atoms with Crippen molar-refractivity contribution in [3.05, 3.63) is 30.3 Å². The van der Waals surface area contributed by atoms with Gasteiger partial charge >= 0.3 is 6.09 Å². The fourth-order valence-corrected chi connectivity index (χ4v) is 6.53. The number of carbonyl (C=O) groups excluding carboxylic acids is 1. The number of hydrogen-bond donors (Lipinski definition) is 1. The van der Waals surface area contributed by atoms with Gasteiger partial charge in [0.05, 0.1) is 4.90 Å². The highest BCUT2D eigenvalue weighted by Gasteiger charge is 2.58. The van der Waals surface area contributed by atoms with Crippen molar-refractivity contribution in [3.8, 4) is 0 Å². The number of rotatable bonds is 13. The molecule has 4 rings (SSSR count). The summed E-state index contributed by atoms with van der Waals surface area (Å²) >= 11 is 0. The minimum absolute atomic E-state index is 0. The molecule has 0 saturated carbocycles. The van der Waals surface area contributed by atoms with Gasteiger partial charge in [-0.25, -0.2) is 17.9 Å². The molecule has 3 fully saturated rings. The van der Waals surface area contributed by atoms with Crippen LogP contribution in [0.3, 0.4) is 0 Å². The van der Waals surface area contributed by atoms with Crippen LogP contribution in [0.15, 0.2) is 35.2 Å². The Morgan fingerprint density at radius 2 is 1.73 bits per heavy atom. The summed E-state index contributed by atoms with van der Waals surface area (Å²) in [5.74, 6) is -0.828. The molecule has 5 atom stereocenters. The second-order valence-corrected chi connectivity index (χ2v) is 13.1. The number of sulfonamides is 1. The van der Waals surface area contributed by atoms with E-state index in [1.807, 2.05) is 13.8 Å². The van der Waals surface area contributed by atoms with Gasteiger partial charge in [0.1, 0.15) is 24.4 Å². The number of amides is 1. The summed E-state index contributed by atoms with van der Waals surface area (Å²) in [6.45, 7) is 8.49. The number of nitrogens with one attached hydrogen (secondary N) is 1. The largest absolute Gasteiger partial charge is 0.441 e. The lowest BCUT2D eigenvalue weighted by molar-refractivity contribution is -0.230. The van der Waals surface area contributed by atoms with E-state index in [9.17, 15) is 13.2 Å². The number of likely N-dealkylation sites (tertiary alicyclic amines) is 1. The van der Waals surface area contributed by atoms with E-state index in [1.165, 1.54) is 25.0 Å². The monoisotopic (exact) mass is 618 g/mol. The van der Waals surface area contributed by atoms with E-state index in [0.717, 1.165) is 58.0 Å². The quantitative estimate of drug-likeness (QED) is 0.305. The highest BCUT2D eigenvalue weighted by Crippen LogP contribution is 2.40. The van der Waals surface area contributed by atoms with Gasteiger partial charge in [0.15, 0.2) is 12.1 Å². The topological polar surface area (TPSA) is 113 Å². The number of benzene rings is 1. The number of ether oxygens (including phenoxy) is 5. The standard InChI is InChI=1S/C29H46N2O8S.ClH/c1-4-5-6-9-15-20-35-25-24(37-27-26(25)38-29(2,3)39-27)23(21-31-18-13-7-8-14-19-31)36-28(32)30-40(33,34)22-16-11-10-12-17-22;/h10-12,16-17,23-27H,4-9,13-15,18-21H2,1-3H3,(H,30,32);1H/t23?,24-,25+,26-,27-;/m1./s1. The lowest BCUT2D eigenvalue weighted by Crippen LogP contribution is -2.50. The predicted octanol–water partition coefficient (Wildman–Crippen LogP) is 5.00. The number of hydrogen-bond acceptors (Lipinski definition) is 9. The van der Waals surface area contributed by atoms with Crippen LogP contribution in [0, 0.1) is 0 Å². The lowest BCUT2D eigenvalue weighted by Gasteiger charge is -2.33. The summed E-state index contributed by atoms with van der Waals surface area (Å²) < 4.78 is 58.4. The average Bonchev–Trinajstić information content (AvgIpc) is 3.24. The minimum Gasteiger partial charge on any atom is -0.441 e. The van der Waals surface area contributed by atoms with Gasteiger partial charge in [0, 0.05) is 13.2 Å². The molecule has 3 saturated heterocycles. The van der Waals surface area contributed by atoms with Gasteiger partial charge in [-0.1, -0.05) is 63.6 Å². The molecule has 1 amide bonds. The van der Waals surface area contributed by atoms with E-state index >= 15 is 0 Å². The van der Waals surface area contributed by atoms with Gasteiger partial charge in [0.25, 0.3) is 10.0 Å². The smallest absolute Gasteiger partial charge is 0.421 e. The molecule has 0 radical (unpaired) electrons. The first-order chi connectivity index (χ1) is 19.2. The fraction of sp³-hybridized carbons (Fsp3) is 0.759. The zero-order chi connectivity index (χ0) is 28.6. The van der Waals surface area contributed by atoms with Crippen LogP contribution >= 0.6 is 12.4 Å². The van der Waals surface area contributed by atoms with Gasteiger partial charge in [-0.05, 0) is 58.3 Å². The van der Waals surface area contributed by atoms with Crippen LogP contribution in [-0.4, -0.2) is 82.1 Å². The molecule has 12 heteroatoms. The summed E-state index contributed by atoms with van der Waals surface area (Å²) in [5, 5.41) is 0. The van der Waals surface area contributed by atoms with Crippen molar-refractivity contribution < 1.29 is 36.9 Å². The molecule has 0 aliphatic carbocycles. The Bertz CT molecular complexity index is 1040. The molecule has 234 valence electrons. The van der Waals surface area contributed by atoms with E-state index in [-0.39, 0.29) is 17.3 Å². The summed E-state index contributed by atoms with van der Waals surface area (Å²) in [4.78, 5) is 15.3. The highest BCUT2D eigenvalue weighted by atomic mass is 35.5. The number of carbonyl (C=O) groups is 1. The molecular weight excluding hydrogens is 572 g/mol. The van der Waals surface area contributed by atoms with Crippen molar-refractivity contribution in [1.29, 1.82) is 0 Å². The highest BCUT2D eigenvalue weighted by molar-refractivity contribution is 7.90. The van der Waals surface area contributed by atoms with Gasteiger partial charge in [-0.2, -0.15) is 0 Å². The van der Waals surface area contributed by atoms with Crippen molar-refractivity contribution in [2.24, 2.45) is 0 Å². The zero-order valence-corrected chi connectivity index (χ0v) is 26.1. The molecule has 1 aromatic carbocycles. The Labute approximate surface area is 251 Å². The Hall–Kier alpha value is -1.47. The Kier molecular flexibility index (Phi) is 13.1. The Balaban J connectivity index is 0.00000462. The van der Waals surface area contributed by atoms with Crippen molar-refractivity contribution >= 4 is 28.5 Å². The predicted molar refractivity (Wildman–Crippen MR) is 156 cm³/mol. The Morgan fingerprint density at radius 1 is 1.05 bits per heavy atom. The fourth-order valence-electron chi connectivity index (χ4n) is 5.63. The molecule has 0 bridgehead atoms. The molecule has 3 aliphatic rings. The second-order valence-electron chi connectivity index (χ2n) is 11.4. The molecule has 0 aromatic heterocycles. The van der Waals surface area contributed by atoms with E-state index < -0.39 is 52.6 Å². The summed E-state index contributed by atoms with van der Waals surface area (Å²) in [7, 11) is -4.10. The third-order valence-electron chi connectivity index (χ3n) is 7.62. The van der Waals surface area contributed by atoms with E-state index in [1.54, 1.807) is 18.2 Å². The molecular formula is C29H47ClN2O8S. The van der Waals surface area contributed by atoms with Crippen molar-refractivity contribution in [3.63, 3.8) is 0 Å². The van der Waals surface area contributed by atoms with Crippen LogP contribution in [0.4, 0.5) is 4.79 Å². The average molecular weight is 619 g/mol. The van der Waals surface area contributed by atoms with Gasteiger partial charge in [-0.3, -0.25) is 4.90 Å². The molecule has 3 aliphatic heterocycles. The van der Waals surface area contributed by atoms with Gasteiger partial charge in [-0.15, -0.1) is 12.4 Å². The number of fused-ring (bicyclic) bond motifs is 1.